The largest absolute Gasteiger partial charge is 0.595 e. The van der Waals surface area contributed by atoms with E-state index >= 15 is 0 Å². The van der Waals surface area contributed by atoms with Gasteiger partial charge in [-0.25, -0.2) is 13.6 Å². The Morgan fingerprint density at radius 3 is 2.70 bits per heavy atom. The highest BCUT2D eigenvalue weighted by atomic mass is 32.2. The van der Waals surface area contributed by atoms with Crippen molar-refractivity contribution in [2.24, 2.45) is 0 Å². The number of sulfonamides is 1. The minimum Gasteiger partial charge on any atom is -0.595 e. The molecule has 1 fully saturated rings. The van der Waals surface area contributed by atoms with Crippen molar-refractivity contribution in [3.8, 4) is 0 Å². The normalized spacial score (nSPS) is 23.8. The molecule has 0 radical (unpaired) electrons. The van der Waals surface area contributed by atoms with Crippen molar-refractivity contribution in [1.82, 2.24) is 4.90 Å². The number of likely N-dealkylation sites (tertiary alicyclic amines) is 1. The maximum absolute atomic E-state index is 13.6. The van der Waals surface area contributed by atoms with E-state index in [2.05, 4.69) is 11.0 Å². The second-order valence-corrected chi connectivity index (χ2v) is 9.17. The van der Waals surface area contributed by atoms with Crippen molar-refractivity contribution in [3.05, 3.63) is 58.8 Å². The van der Waals surface area contributed by atoms with Crippen molar-refractivity contribution in [3.63, 3.8) is 0 Å². The van der Waals surface area contributed by atoms with Crippen LogP contribution in [-0.2, 0) is 10.0 Å². The Morgan fingerprint density at radius 1 is 1.22 bits per heavy atom. The topological polar surface area (TPSA) is 88.4 Å². The first kappa shape index (κ1) is 18.4. The fourth-order valence-electron chi connectivity index (χ4n) is 4.32. The second-order valence-electron chi connectivity index (χ2n) is 7.39. The van der Waals surface area contributed by atoms with Gasteiger partial charge in [-0.3, -0.25) is 4.31 Å². The molecular formula is C19H23N3O4S. The summed E-state index contributed by atoms with van der Waals surface area (Å²) < 4.78 is 28.7. The Bertz CT molecular complexity index is 977. The van der Waals surface area contributed by atoms with Crippen LogP contribution in [0.15, 0.2) is 47.4 Å². The minimum atomic E-state index is -3.99. The number of piperidine rings is 1. The Labute approximate surface area is 159 Å². The predicted molar refractivity (Wildman–Crippen MR) is 102 cm³/mol. The smallest absolute Gasteiger partial charge is 0.270 e. The molecule has 2 aromatic carbocycles. The molecule has 27 heavy (non-hydrogen) atoms. The van der Waals surface area contributed by atoms with Gasteiger partial charge in [0, 0.05) is 18.5 Å². The van der Waals surface area contributed by atoms with Gasteiger partial charge < -0.3 is 10.1 Å². The number of aryl methyl sites for hydroxylation is 1. The fourth-order valence-corrected chi connectivity index (χ4v) is 6.25. The third-order valence-electron chi connectivity index (χ3n) is 5.55. The van der Waals surface area contributed by atoms with Gasteiger partial charge in [0.15, 0.2) is 10.6 Å². The second kappa shape index (κ2) is 6.57. The molecule has 0 spiro atoms. The van der Waals surface area contributed by atoms with Crippen LogP contribution in [0.2, 0.25) is 0 Å². The zero-order chi connectivity index (χ0) is 19.3. The molecule has 4 rings (SSSR count). The molecule has 0 bridgehead atoms. The standard InChI is InChI=1S/C19H23N3O4S/c1-13-7-8-16-14(11-13)15-12-20(2)10-9-17(15)21(16)27(25,26)19-6-4-3-5-18(19)22(23)24/h3-8,11,15,17,22-23H,9-10,12H2,1-2H3/t15-,17+/m1/s1. The zero-order valence-electron chi connectivity index (χ0n) is 15.3. The fraction of sp³-hybridized carbons (Fsp3) is 0.368. The number of nitrogens with zero attached hydrogens (tertiary/aromatic N) is 2. The molecule has 8 heteroatoms. The summed E-state index contributed by atoms with van der Waals surface area (Å²) in [5, 5.41) is 19.9. The Kier molecular flexibility index (Phi) is 4.48. The third-order valence-corrected chi connectivity index (χ3v) is 7.45. The maximum Gasteiger partial charge on any atom is 0.270 e. The van der Waals surface area contributed by atoms with E-state index in [0.717, 1.165) is 24.2 Å². The molecule has 2 heterocycles. The molecule has 2 aliphatic heterocycles. The summed E-state index contributed by atoms with van der Waals surface area (Å²) in [6.45, 7) is 3.59. The van der Waals surface area contributed by atoms with Crippen LogP contribution in [0.3, 0.4) is 0 Å². The highest BCUT2D eigenvalue weighted by Gasteiger charge is 2.47. The van der Waals surface area contributed by atoms with Crippen LogP contribution in [0.5, 0.6) is 0 Å². The molecule has 144 valence electrons. The number of rotatable bonds is 3. The summed E-state index contributed by atoms with van der Waals surface area (Å²) in [5.41, 5.74) is 2.60. The van der Waals surface area contributed by atoms with E-state index in [1.54, 1.807) is 12.1 Å². The van der Waals surface area contributed by atoms with Gasteiger partial charge in [0.1, 0.15) is 0 Å². The lowest BCUT2D eigenvalue weighted by atomic mass is 9.89. The highest BCUT2D eigenvalue weighted by molar-refractivity contribution is 7.93. The first-order valence-electron chi connectivity index (χ1n) is 8.96. The molecule has 3 atom stereocenters. The first-order chi connectivity index (χ1) is 12.8. The third kappa shape index (κ3) is 2.94. The van der Waals surface area contributed by atoms with Crippen LogP contribution < -0.4 is 9.53 Å². The van der Waals surface area contributed by atoms with Gasteiger partial charge in [-0.05, 0) is 44.6 Å². The van der Waals surface area contributed by atoms with Crippen molar-refractivity contribution in [2.75, 3.05) is 24.4 Å². The van der Waals surface area contributed by atoms with E-state index < -0.39 is 15.2 Å². The average molecular weight is 389 g/mol. The minimum absolute atomic E-state index is 0.0883. The molecule has 1 saturated heterocycles. The number of quaternary nitrogens is 1. The summed E-state index contributed by atoms with van der Waals surface area (Å²) in [6, 6.07) is 11.5. The zero-order valence-corrected chi connectivity index (χ0v) is 16.1. The Hall–Kier alpha value is -1.97. The van der Waals surface area contributed by atoms with Crippen LogP contribution in [0, 0.1) is 12.1 Å². The highest BCUT2D eigenvalue weighted by Crippen LogP contribution is 2.47. The van der Waals surface area contributed by atoms with Gasteiger partial charge in [-0.2, -0.15) is 5.23 Å². The van der Waals surface area contributed by atoms with Gasteiger partial charge in [0.25, 0.3) is 10.0 Å². The summed E-state index contributed by atoms with van der Waals surface area (Å²) >= 11 is 0. The number of hydrogen-bond donors (Lipinski definition) is 2. The lowest BCUT2D eigenvalue weighted by molar-refractivity contribution is -0.992. The number of para-hydroxylation sites is 1. The van der Waals surface area contributed by atoms with Crippen LogP contribution in [0.4, 0.5) is 11.4 Å². The maximum atomic E-state index is 13.6. The van der Waals surface area contributed by atoms with E-state index in [4.69, 9.17) is 0 Å². The molecule has 0 aliphatic carbocycles. The molecule has 7 nitrogen and oxygen atoms in total. The summed E-state index contributed by atoms with van der Waals surface area (Å²) in [5.74, 6) is 0.0883. The number of nitrogens with one attached hydrogen (secondary N) is 1. The Balaban J connectivity index is 1.88. The SMILES string of the molecule is Cc1ccc2c(c1)[C@H]1CN(C)CC[C@@H]1N2S(=O)(=O)c1ccccc1[NH+]([O-])O. The van der Waals surface area contributed by atoms with Gasteiger partial charge >= 0.3 is 0 Å². The number of fused-ring (bicyclic) bond motifs is 3. The summed E-state index contributed by atoms with van der Waals surface area (Å²) in [4.78, 5) is 2.07. The first-order valence-corrected chi connectivity index (χ1v) is 10.4. The number of anilines is 1. The van der Waals surface area contributed by atoms with Crippen LogP contribution in [-0.4, -0.2) is 44.7 Å². The van der Waals surface area contributed by atoms with Crippen molar-refractivity contribution >= 4 is 21.4 Å². The van der Waals surface area contributed by atoms with E-state index in [1.165, 1.54) is 16.4 Å². The summed E-state index contributed by atoms with van der Waals surface area (Å²) in [6.07, 6.45) is 0.712. The van der Waals surface area contributed by atoms with E-state index in [9.17, 15) is 18.8 Å². The molecular weight excluding hydrogens is 366 g/mol. The molecule has 1 unspecified atom stereocenters. The van der Waals surface area contributed by atoms with Crippen LogP contribution in [0.25, 0.3) is 0 Å². The average Bonchev–Trinajstić information content (AvgIpc) is 2.95. The molecule has 0 saturated carbocycles. The van der Waals surface area contributed by atoms with Crippen LogP contribution in [0.1, 0.15) is 23.5 Å². The van der Waals surface area contributed by atoms with E-state index in [1.807, 2.05) is 26.1 Å². The lowest BCUT2D eigenvalue weighted by Crippen LogP contribution is -2.99. The molecule has 2 aromatic rings. The van der Waals surface area contributed by atoms with Gasteiger partial charge in [-0.1, -0.05) is 29.8 Å². The van der Waals surface area contributed by atoms with Gasteiger partial charge in [0.2, 0.25) is 0 Å². The molecule has 2 aliphatic rings. The van der Waals surface area contributed by atoms with Crippen molar-refractivity contribution < 1.29 is 18.9 Å². The number of benzene rings is 2. The van der Waals surface area contributed by atoms with Crippen LogP contribution >= 0.6 is 0 Å². The molecule has 2 N–H and O–H groups in total. The molecule has 0 amide bonds. The number of hydrogen-bond acceptors (Lipinski definition) is 5. The summed E-state index contributed by atoms with van der Waals surface area (Å²) in [7, 11) is -1.95. The number of likely N-dealkylation sites (N-methyl/N-ethyl adjacent to an activating group) is 1. The quantitative estimate of drug-likeness (QED) is 0.775. The van der Waals surface area contributed by atoms with E-state index in [-0.39, 0.29) is 22.5 Å². The monoisotopic (exact) mass is 389 g/mol. The predicted octanol–water partition coefficient (Wildman–Crippen LogP) is 1.40. The van der Waals surface area contributed by atoms with Gasteiger partial charge in [0.05, 0.1) is 11.7 Å². The van der Waals surface area contributed by atoms with Crippen molar-refractivity contribution in [1.29, 1.82) is 0 Å². The van der Waals surface area contributed by atoms with Gasteiger partial charge in [-0.15, -0.1) is 0 Å². The lowest BCUT2D eigenvalue weighted by Gasteiger charge is -2.36. The van der Waals surface area contributed by atoms with E-state index in [0.29, 0.717) is 12.1 Å². The van der Waals surface area contributed by atoms with Crippen molar-refractivity contribution in [2.45, 2.75) is 30.2 Å². The molecule has 0 aromatic heterocycles. The Morgan fingerprint density at radius 2 is 1.96 bits per heavy atom.